The summed E-state index contributed by atoms with van der Waals surface area (Å²) in [5.74, 6) is 0.357. The van der Waals surface area contributed by atoms with Crippen LogP contribution in [0.25, 0.3) is 0 Å². The fourth-order valence-corrected chi connectivity index (χ4v) is 1.73. The van der Waals surface area contributed by atoms with Gasteiger partial charge < -0.3 is 0 Å². The SMILES string of the molecule is CC(C)(C)CCCC(=O)Cc1ccccc1. The predicted molar refractivity (Wildman–Crippen MR) is 68.5 cm³/mol. The number of ketones is 1. The fourth-order valence-electron chi connectivity index (χ4n) is 1.73. The lowest BCUT2D eigenvalue weighted by atomic mass is 9.89. The molecule has 88 valence electrons. The molecule has 1 aromatic rings. The van der Waals surface area contributed by atoms with Crippen LogP contribution in [0.15, 0.2) is 30.3 Å². The van der Waals surface area contributed by atoms with Crippen molar-refractivity contribution in [2.75, 3.05) is 0 Å². The standard InChI is InChI=1S/C15H22O/c1-15(2,3)11-7-10-14(16)12-13-8-5-4-6-9-13/h4-6,8-9H,7,10-12H2,1-3H3. The van der Waals surface area contributed by atoms with Gasteiger partial charge >= 0.3 is 0 Å². The van der Waals surface area contributed by atoms with Gasteiger partial charge in [0.25, 0.3) is 0 Å². The van der Waals surface area contributed by atoms with Crippen molar-refractivity contribution in [3.63, 3.8) is 0 Å². The molecule has 0 saturated carbocycles. The molecule has 0 aliphatic heterocycles. The summed E-state index contributed by atoms with van der Waals surface area (Å²) < 4.78 is 0. The Morgan fingerprint density at radius 2 is 1.75 bits per heavy atom. The predicted octanol–water partition coefficient (Wildman–Crippen LogP) is 4.01. The molecule has 0 aliphatic carbocycles. The Bertz CT molecular complexity index is 319. The number of carbonyl (C=O) groups is 1. The number of carbonyl (C=O) groups excluding carboxylic acids is 1. The first kappa shape index (κ1) is 13.0. The third-order valence-corrected chi connectivity index (χ3v) is 2.63. The van der Waals surface area contributed by atoms with Gasteiger partial charge in [-0.05, 0) is 23.8 Å². The number of benzene rings is 1. The molecule has 0 aliphatic rings. The Morgan fingerprint density at radius 3 is 2.31 bits per heavy atom. The second kappa shape index (κ2) is 5.83. The van der Waals surface area contributed by atoms with Crippen LogP contribution >= 0.6 is 0 Å². The largest absolute Gasteiger partial charge is 0.299 e. The normalized spacial score (nSPS) is 11.4. The highest BCUT2D eigenvalue weighted by atomic mass is 16.1. The Labute approximate surface area is 98.9 Å². The minimum absolute atomic E-state index is 0.340. The maximum absolute atomic E-state index is 11.7. The lowest BCUT2D eigenvalue weighted by molar-refractivity contribution is -0.118. The molecule has 1 heteroatoms. The van der Waals surface area contributed by atoms with Gasteiger partial charge in [-0.3, -0.25) is 4.79 Å². The van der Waals surface area contributed by atoms with Crippen LogP contribution in [0.1, 0.15) is 45.6 Å². The van der Waals surface area contributed by atoms with Crippen molar-refractivity contribution in [2.45, 2.75) is 46.5 Å². The van der Waals surface area contributed by atoms with E-state index in [-0.39, 0.29) is 0 Å². The van der Waals surface area contributed by atoms with E-state index < -0.39 is 0 Å². The summed E-state index contributed by atoms with van der Waals surface area (Å²) in [6.07, 6.45) is 3.43. The van der Waals surface area contributed by atoms with E-state index in [4.69, 9.17) is 0 Å². The number of hydrogen-bond donors (Lipinski definition) is 0. The molecule has 0 atom stereocenters. The van der Waals surface area contributed by atoms with E-state index in [1.807, 2.05) is 30.3 Å². The van der Waals surface area contributed by atoms with Gasteiger partial charge in [-0.1, -0.05) is 51.1 Å². The molecule has 0 heterocycles. The van der Waals surface area contributed by atoms with Gasteiger partial charge in [-0.2, -0.15) is 0 Å². The summed E-state index contributed by atoms with van der Waals surface area (Å²) >= 11 is 0. The highest BCUT2D eigenvalue weighted by molar-refractivity contribution is 5.80. The minimum Gasteiger partial charge on any atom is -0.299 e. The summed E-state index contributed by atoms with van der Waals surface area (Å²) in [6, 6.07) is 9.98. The van der Waals surface area contributed by atoms with Crippen LogP contribution in [0.5, 0.6) is 0 Å². The van der Waals surface area contributed by atoms with Gasteiger partial charge in [0.15, 0.2) is 0 Å². The smallest absolute Gasteiger partial charge is 0.137 e. The molecule has 1 aromatic carbocycles. The molecule has 0 spiro atoms. The summed E-state index contributed by atoms with van der Waals surface area (Å²) in [7, 11) is 0. The van der Waals surface area contributed by atoms with Crippen molar-refractivity contribution in [2.24, 2.45) is 5.41 Å². The summed E-state index contributed by atoms with van der Waals surface area (Å²) in [5.41, 5.74) is 1.47. The van der Waals surface area contributed by atoms with E-state index in [0.717, 1.165) is 18.4 Å². The van der Waals surface area contributed by atoms with Crippen molar-refractivity contribution in [3.05, 3.63) is 35.9 Å². The van der Waals surface area contributed by atoms with E-state index in [1.54, 1.807) is 0 Å². The van der Waals surface area contributed by atoms with Crippen molar-refractivity contribution < 1.29 is 4.79 Å². The number of Topliss-reactive ketones (excluding diaryl/α,β-unsaturated/α-hetero) is 1. The minimum atomic E-state index is 0.340. The average molecular weight is 218 g/mol. The molecule has 1 nitrogen and oxygen atoms in total. The first-order valence-electron chi connectivity index (χ1n) is 6.03. The lowest BCUT2D eigenvalue weighted by Gasteiger charge is -2.17. The van der Waals surface area contributed by atoms with Gasteiger partial charge in [0.05, 0.1) is 0 Å². The van der Waals surface area contributed by atoms with E-state index >= 15 is 0 Å². The first-order chi connectivity index (χ1) is 7.47. The molecule has 0 aromatic heterocycles. The second-order valence-corrected chi connectivity index (χ2v) is 5.62. The van der Waals surface area contributed by atoms with Crippen LogP contribution in [0.2, 0.25) is 0 Å². The van der Waals surface area contributed by atoms with Gasteiger partial charge in [0.2, 0.25) is 0 Å². The molecular weight excluding hydrogens is 196 g/mol. The van der Waals surface area contributed by atoms with Crippen molar-refractivity contribution in [3.8, 4) is 0 Å². The zero-order chi connectivity index (χ0) is 12.0. The van der Waals surface area contributed by atoms with E-state index in [2.05, 4.69) is 20.8 Å². The Kier molecular flexibility index (Phi) is 4.72. The highest BCUT2D eigenvalue weighted by Gasteiger charge is 2.11. The third-order valence-electron chi connectivity index (χ3n) is 2.63. The van der Waals surface area contributed by atoms with Gasteiger partial charge in [0.1, 0.15) is 5.78 Å². The Hall–Kier alpha value is -1.11. The van der Waals surface area contributed by atoms with Crippen LogP contribution < -0.4 is 0 Å². The quantitative estimate of drug-likeness (QED) is 0.729. The second-order valence-electron chi connectivity index (χ2n) is 5.62. The molecule has 0 N–H and O–H groups in total. The van der Waals surface area contributed by atoms with Crippen molar-refractivity contribution >= 4 is 5.78 Å². The topological polar surface area (TPSA) is 17.1 Å². The molecule has 1 rings (SSSR count). The molecule has 16 heavy (non-hydrogen) atoms. The molecule has 0 radical (unpaired) electrons. The third kappa shape index (κ3) is 5.69. The fraction of sp³-hybridized carbons (Fsp3) is 0.533. The monoisotopic (exact) mass is 218 g/mol. The lowest BCUT2D eigenvalue weighted by Crippen LogP contribution is -2.08. The molecule has 0 saturated heterocycles. The molecular formula is C15H22O. The molecule has 0 bridgehead atoms. The van der Waals surface area contributed by atoms with Crippen molar-refractivity contribution in [1.29, 1.82) is 0 Å². The summed E-state index contributed by atoms with van der Waals surface area (Å²) in [4.78, 5) is 11.7. The van der Waals surface area contributed by atoms with Crippen molar-refractivity contribution in [1.82, 2.24) is 0 Å². The highest BCUT2D eigenvalue weighted by Crippen LogP contribution is 2.21. The zero-order valence-corrected chi connectivity index (χ0v) is 10.6. The van der Waals surface area contributed by atoms with E-state index in [0.29, 0.717) is 24.0 Å². The molecule has 0 amide bonds. The van der Waals surface area contributed by atoms with E-state index in [1.165, 1.54) is 0 Å². The number of hydrogen-bond acceptors (Lipinski definition) is 1. The van der Waals surface area contributed by atoms with Crippen LogP contribution in [-0.4, -0.2) is 5.78 Å². The summed E-state index contributed by atoms with van der Waals surface area (Å²) in [6.45, 7) is 6.65. The van der Waals surface area contributed by atoms with Crippen LogP contribution in [-0.2, 0) is 11.2 Å². The zero-order valence-electron chi connectivity index (χ0n) is 10.6. The Morgan fingerprint density at radius 1 is 1.12 bits per heavy atom. The van der Waals surface area contributed by atoms with Crippen LogP contribution in [0.3, 0.4) is 0 Å². The first-order valence-corrected chi connectivity index (χ1v) is 6.03. The van der Waals surface area contributed by atoms with Gasteiger partial charge in [0, 0.05) is 12.8 Å². The maximum atomic E-state index is 11.7. The van der Waals surface area contributed by atoms with Crippen LogP contribution in [0, 0.1) is 5.41 Å². The van der Waals surface area contributed by atoms with E-state index in [9.17, 15) is 4.79 Å². The Balaban J connectivity index is 2.27. The average Bonchev–Trinajstić information content (AvgIpc) is 2.17. The maximum Gasteiger partial charge on any atom is 0.137 e. The number of rotatable bonds is 5. The molecule has 0 fully saturated rings. The summed E-state index contributed by atoms with van der Waals surface area (Å²) in [5, 5.41) is 0. The van der Waals surface area contributed by atoms with Gasteiger partial charge in [-0.15, -0.1) is 0 Å². The van der Waals surface area contributed by atoms with Gasteiger partial charge in [-0.25, -0.2) is 0 Å². The molecule has 0 unspecified atom stereocenters. The van der Waals surface area contributed by atoms with Crippen LogP contribution in [0.4, 0.5) is 0 Å².